The molecule has 0 saturated carbocycles. The number of benzene rings is 1. The van der Waals surface area contributed by atoms with Crippen molar-refractivity contribution >= 4 is 34.1 Å². The van der Waals surface area contributed by atoms with Gasteiger partial charge in [-0.3, -0.25) is 9.78 Å². The second-order valence-corrected chi connectivity index (χ2v) is 4.62. The topological polar surface area (TPSA) is 103 Å². The number of fused-ring (bicyclic) bond motifs is 1. The van der Waals surface area contributed by atoms with Gasteiger partial charge in [-0.2, -0.15) is 0 Å². The predicted molar refractivity (Wildman–Crippen MR) is 82.3 cm³/mol. The maximum atomic E-state index is 11.2. The van der Waals surface area contributed by atoms with Crippen molar-refractivity contribution in [2.75, 3.05) is 25.0 Å². The zero-order valence-corrected chi connectivity index (χ0v) is 11.8. The summed E-state index contributed by atoms with van der Waals surface area (Å²) in [7, 11) is 0. The summed E-state index contributed by atoms with van der Waals surface area (Å²) in [5, 5.41) is 10.6. The quantitative estimate of drug-likeness (QED) is 0.371. The number of anilines is 1. The summed E-state index contributed by atoms with van der Waals surface area (Å²) in [6.07, 6.45) is 1.70. The third-order valence-electron chi connectivity index (χ3n) is 2.74. The van der Waals surface area contributed by atoms with Gasteiger partial charge in [0.25, 0.3) is 0 Å². The first-order valence-electron chi connectivity index (χ1n) is 6.26. The largest absolute Gasteiger partial charge is 0.383 e. The standard InChI is InChI=1S/C13H13ClN6O/c14-9-1-2-10-11(3-4-16-12(10)7-9)17-5-6-18-13(21)8-19-20-15/h1-4,7H,5-6,8H2,(H,16,17)(H,18,21). The van der Waals surface area contributed by atoms with Gasteiger partial charge in [0, 0.05) is 40.3 Å². The highest BCUT2D eigenvalue weighted by molar-refractivity contribution is 6.31. The van der Waals surface area contributed by atoms with E-state index in [0.717, 1.165) is 16.6 Å². The molecule has 0 aliphatic heterocycles. The van der Waals surface area contributed by atoms with Gasteiger partial charge >= 0.3 is 0 Å². The molecule has 21 heavy (non-hydrogen) atoms. The Kier molecular flexibility index (Phi) is 5.20. The second-order valence-electron chi connectivity index (χ2n) is 4.19. The molecule has 0 radical (unpaired) electrons. The lowest BCUT2D eigenvalue weighted by Gasteiger charge is -2.10. The number of aromatic nitrogens is 1. The van der Waals surface area contributed by atoms with E-state index in [2.05, 4.69) is 25.6 Å². The average Bonchev–Trinajstić information content (AvgIpc) is 2.49. The number of hydrogen-bond acceptors (Lipinski definition) is 4. The van der Waals surface area contributed by atoms with E-state index in [1.54, 1.807) is 18.3 Å². The Morgan fingerprint density at radius 3 is 3.05 bits per heavy atom. The van der Waals surface area contributed by atoms with E-state index in [0.29, 0.717) is 18.1 Å². The molecule has 2 rings (SSSR count). The summed E-state index contributed by atoms with van der Waals surface area (Å²) < 4.78 is 0. The first kappa shape index (κ1) is 14.9. The number of amides is 1. The van der Waals surface area contributed by atoms with Gasteiger partial charge in [-0.05, 0) is 29.8 Å². The molecular weight excluding hydrogens is 292 g/mol. The average molecular weight is 305 g/mol. The number of azide groups is 1. The number of pyridine rings is 1. The predicted octanol–water partition coefficient (Wildman–Crippen LogP) is 2.73. The number of carbonyl (C=O) groups excluding carboxylic acids is 1. The van der Waals surface area contributed by atoms with Crippen LogP contribution in [0.3, 0.4) is 0 Å². The normalized spacial score (nSPS) is 9.95. The molecule has 7 nitrogen and oxygen atoms in total. The SMILES string of the molecule is [N-]=[N+]=NCC(=O)NCCNc1ccnc2cc(Cl)ccc12. The minimum absolute atomic E-state index is 0.187. The Labute approximate surface area is 125 Å². The van der Waals surface area contributed by atoms with E-state index < -0.39 is 0 Å². The van der Waals surface area contributed by atoms with Crippen LogP contribution in [0.1, 0.15) is 0 Å². The summed E-state index contributed by atoms with van der Waals surface area (Å²) in [4.78, 5) is 18.0. The van der Waals surface area contributed by atoms with E-state index in [4.69, 9.17) is 17.1 Å². The minimum atomic E-state index is -0.305. The Hall–Kier alpha value is -2.50. The third-order valence-corrected chi connectivity index (χ3v) is 2.98. The molecule has 0 atom stereocenters. The van der Waals surface area contributed by atoms with E-state index >= 15 is 0 Å². The number of rotatable bonds is 6. The van der Waals surface area contributed by atoms with Gasteiger partial charge in [-0.25, -0.2) is 0 Å². The maximum Gasteiger partial charge on any atom is 0.225 e. The summed E-state index contributed by atoms with van der Waals surface area (Å²) in [6, 6.07) is 7.35. The molecule has 0 bridgehead atoms. The van der Waals surface area contributed by atoms with Crippen LogP contribution in [0.5, 0.6) is 0 Å². The molecule has 0 fully saturated rings. The molecular formula is C13H13ClN6O. The molecule has 1 aromatic carbocycles. The number of nitrogens with zero attached hydrogens (tertiary/aromatic N) is 4. The van der Waals surface area contributed by atoms with Crippen molar-refractivity contribution in [1.29, 1.82) is 0 Å². The highest BCUT2D eigenvalue weighted by atomic mass is 35.5. The van der Waals surface area contributed by atoms with Crippen LogP contribution in [0, 0.1) is 0 Å². The molecule has 108 valence electrons. The third kappa shape index (κ3) is 4.24. The fraction of sp³-hybridized carbons (Fsp3) is 0.231. The molecule has 0 saturated heterocycles. The molecule has 0 spiro atoms. The van der Waals surface area contributed by atoms with Crippen LogP contribution < -0.4 is 10.6 Å². The van der Waals surface area contributed by atoms with Crippen LogP contribution in [0.15, 0.2) is 35.6 Å². The smallest absolute Gasteiger partial charge is 0.225 e. The summed E-state index contributed by atoms with van der Waals surface area (Å²) in [6.45, 7) is 0.786. The van der Waals surface area contributed by atoms with Crippen molar-refractivity contribution in [1.82, 2.24) is 10.3 Å². The van der Waals surface area contributed by atoms with Crippen molar-refractivity contribution in [3.8, 4) is 0 Å². The van der Waals surface area contributed by atoms with Gasteiger partial charge in [0.05, 0.1) is 5.52 Å². The van der Waals surface area contributed by atoms with Crippen molar-refractivity contribution in [2.24, 2.45) is 5.11 Å². The lowest BCUT2D eigenvalue weighted by molar-refractivity contribution is -0.119. The lowest BCUT2D eigenvalue weighted by atomic mass is 10.2. The first-order chi connectivity index (χ1) is 10.2. The summed E-state index contributed by atoms with van der Waals surface area (Å²) >= 11 is 5.93. The van der Waals surface area contributed by atoms with Crippen LogP contribution in [0.25, 0.3) is 21.3 Å². The van der Waals surface area contributed by atoms with Crippen LogP contribution in [0.4, 0.5) is 5.69 Å². The monoisotopic (exact) mass is 304 g/mol. The van der Waals surface area contributed by atoms with Gasteiger partial charge in [0.1, 0.15) is 6.54 Å². The van der Waals surface area contributed by atoms with E-state index in [1.807, 2.05) is 12.1 Å². The number of nitrogens with one attached hydrogen (secondary N) is 2. The molecule has 8 heteroatoms. The van der Waals surface area contributed by atoms with E-state index in [-0.39, 0.29) is 12.5 Å². The van der Waals surface area contributed by atoms with Gasteiger partial charge in [-0.1, -0.05) is 16.7 Å². The minimum Gasteiger partial charge on any atom is -0.383 e. The number of halogens is 1. The fourth-order valence-electron chi connectivity index (χ4n) is 1.83. The summed E-state index contributed by atoms with van der Waals surface area (Å²) in [5.74, 6) is -0.305. The van der Waals surface area contributed by atoms with Crippen LogP contribution in [-0.2, 0) is 4.79 Å². The van der Waals surface area contributed by atoms with Crippen LogP contribution in [-0.4, -0.2) is 30.5 Å². The molecule has 2 aromatic rings. The van der Waals surface area contributed by atoms with Gasteiger partial charge in [0.2, 0.25) is 5.91 Å². The van der Waals surface area contributed by atoms with Crippen molar-refractivity contribution in [2.45, 2.75) is 0 Å². The van der Waals surface area contributed by atoms with Crippen molar-refractivity contribution in [3.05, 3.63) is 45.9 Å². The Balaban J connectivity index is 1.92. The Morgan fingerprint density at radius 2 is 2.24 bits per heavy atom. The fourth-order valence-corrected chi connectivity index (χ4v) is 1.99. The van der Waals surface area contributed by atoms with Crippen molar-refractivity contribution < 1.29 is 4.79 Å². The molecule has 0 aliphatic rings. The second kappa shape index (κ2) is 7.33. The number of hydrogen-bond donors (Lipinski definition) is 2. The highest BCUT2D eigenvalue weighted by Gasteiger charge is 2.02. The molecule has 1 aromatic heterocycles. The van der Waals surface area contributed by atoms with Gasteiger partial charge in [-0.15, -0.1) is 0 Å². The molecule has 0 unspecified atom stereocenters. The maximum absolute atomic E-state index is 11.2. The molecule has 1 heterocycles. The van der Waals surface area contributed by atoms with E-state index in [9.17, 15) is 4.79 Å². The Bertz CT molecular complexity index is 698. The van der Waals surface area contributed by atoms with Crippen LogP contribution >= 0.6 is 11.6 Å². The first-order valence-corrected chi connectivity index (χ1v) is 6.64. The highest BCUT2D eigenvalue weighted by Crippen LogP contribution is 2.23. The molecule has 0 aliphatic carbocycles. The van der Waals surface area contributed by atoms with Crippen molar-refractivity contribution in [3.63, 3.8) is 0 Å². The van der Waals surface area contributed by atoms with Crippen LogP contribution in [0.2, 0.25) is 5.02 Å². The molecule has 1 amide bonds. The zero-order chi connectivity index (χ0) is 15.1. The zero-order valence-electron chi connectivity index (χ0n) is 11.1. The Morgan fingerprint density at radius 1 is 1.38 bits per heavy atom. The lowest BCUT2D eigenvalue weighted by Crippen LogP contribution is -2.30. The number of carbonyl (C=O) groups is 1. The van der Waals surface area contributed by atoms with Gasteiger partial charge < -0.3 is 10.6 Å². The summed E-state index contributed by atoms with van der Waals surface area (Å²) in [5.41, 5.74) is 9.83. The van der Waals surface area contributed by atoms with E-state index in [1.165, 1.54) is 0 Å². The molecule has 2 N–H and O–H groups in total. The van der Waals surface area contributed by atoms with Gasteiger partial charge in [0.15, 0.2) is 0 Å².